The molecule has 0 aliphatic carbocycles. The predicted octanol–water partition coefficient (Wildman–Crippen LogP) is 3.56. The summed E-state index contributed by atoms with van der Waals surface area (Å²) in [5.41, 5.74) is 0.116. The molecule has 2 N–H and O–H groups in total. The van der Waals surface area contributed by atoms with Crippen LogP contribution < -0.4 is 10.6 Å². The number of hydrogen-bond acceptors (Lipinski definition) is 3. The van der Waals surface area contributed by atoms with E-state index in [1.54, 1.807) is 0 Å². The first-order chi connectivity index (χ1) is 11.9. The van der Waals surface area contributed by atoms with E-state index in [-0.39, 0.29) is 5.41 Å². The van der Waals surface area contributed by atoms with Crippen molar-refractivity contribution in [3.63, 3.8) is 0 Å². The molecule has 0 bridgehead atoms. The summed E-state index contributed by atoms with van der Waals surface area (Å²) >= 11 is 1.82. The molecule has 1 saturated heterocycles. The molecule has 25 heavy (non-hydrogen) atoms. The zero-order valence-electron chi connectivity index (χ0n) is 16.6. The number of thiophene rings is 1. The third-order valence-corrected chi connectivity index (χ3v) is 6.13. The maximum Gasteiger partial charge on any atom is 0.191 e. The first-order valence-electron chi connectivity index (χ1n) is 9.61. The van der Waals surface area contributed by atoms with Gasteiger partial charge in [-0.15, -0.1) is 11.3 Å². The van der Waals surface area contributed by atoms with E-state index >= 15 is 0 Å². The van der Waals surface area contributed by atoms with Crippen LogP contribution in [0.4, 0.5) is 0 Å². The van der Waals surface area contributed by atoms with E-state index in [4.69, 9.17) is 0 Å². The minimum absolute atomic E-state index is 0.116. The van der Waals surface area contributed by atoms with Crippen LogP contribution in [0.2, 0.25) is 0 Å². The Hall–Kier alpha value is -1.07. The molecule has 1 atom stereocenters. The summed E-state index contributed by atoms with van der Waals surface area (Å²) in [4.78, 5) is 8.44. The van der Waals surface area contributed by atoms with E-state index in [0.717, 1.165) is 30.9 Å². The summed E-state index contributed by atoms with van der Waals surface area (Å²) in [6.45, 7) is 14.8. The largest absolute Gasteiger partial charge is 0.356 e. The minimum Gasteiger partial charge on any atom is -0.356 e. The van der Waals surface area contributed by atoms with Gasteiger partial charge in [0.2, 0.25) is 0 Å². The highest BCUT2D eigenvalue weighted by Crippen LogP contribution is 2.26. The maximum absolute atomic E-state index is 4.41. The van der Waals surface area contributed by atoms with Crippen molar-refractivity contribution in [2.24, 2.45) is 16.8 Å². The summed E-state index contributed by atoms with van der Waals surface area (Å²) in [5, 5.41) is 9.21. The Kier molecular flexibility index (Phi) is 7.76. The van der Waals surface area contributed by atoms with Crippen molar-refractivity contribution < 1.29 is 0 Å². The highest BCUT2D eigenvalue weighted by Gasteiger charge is 2.23. The average molecular weight is 365 g/mol. The second kappa shape index (κ2) is 9.58. The molecule has 1 aliphatic rings. The van der Waals surface area contributed by atoms with E-state index < -0.39 is 0 Å². The van der Waals surface area contributed by atoms with Crippen LogP contribution >= 0.6 is 11.3 Å². The minimum atomic E-state index is 0.116. The van der Waals surface area contributed by atoms with Crippen LogP contribution in [0.15, 0.2) is 22.5 Å². The van der Waals surface area contributed by atoms with E-state index in [1.165, 1.54) is 37.4 Å². The number of guanidine groups is 1. The molecule has 0 aromatic carbocycles. The van der Waals surface area contributed by atoms with Crippen LogP contribution in [0.25, 0.3) is 0 Å². The first kappa shape index (κ1) is 20.2. The van der Waals surface area contributed by atoms with Crippen LogP contribution in [0.3, 0.4) is 0 Å². The van der Waals surface area contributed by atoms with Gasteiger partial charge in [0, 0.05) is 43.5 Å². The third-order valence-electron chi connectivity index (χ3n) is 4.89. The monoisotopic (exact) mass is 364 g/mol. The average Bonchev–Trinajstić information content (AvgIpc) is 3.10. The van der Waals surface area contributed by atoms with Crippen LogP contribution in [-0.2, 0) is 5.41 Å². The second-order valence-corrected chi connectivity index (χ2v) is 9.28. The Morgan fingerprint density at radius 2 is 2.20 bits per heavy atom. The highest BCUT2D eigenvalue weighted by atomic mass is 32.1. The fourth-order valence-corrected chi connectivity index (χ4v) is 4.37. The number of likely N-dealkylation sites (tertiary alicyclic amines) is 1. The van der Waals surface area contributed by atoms with Crippen LogP contribution in [0, 0.1) is 11.8 Å². The standard InChI is InChI=1S/C20H36N4S/c1-16(2)13-24-10-6-8-17(14-24)12-22-19(21-5)23-15-20(3,4)18-9-7-11-25-18/h7,9,11,16-17H,6,8,10,12-15H2,1-5H3,(H2,21,22,23). The number of aliphatic imine (C=N–C) groups is 1. The molecule has 0 radical (unpaired) electrons. The molecule has 1 aromatic heterocycles. The Bertz CT molecular complexity index is 522. The zero-order chi connectivity index (χ0) is 18.3. The summed E-state index contributed by atoms with van der Waals surface area (Å²) in [7, 11) is 1.86. The van der Waals surface area contributed by atoms with E-state index in [2.05, 4.69) is 65.7 Å². The molecular weight excluding hydrogens is 328 g/mol. The second-order valence-electron chi connectivity index (χ2n) is 8.33. The summed E-state index contributed by atoms with van der Waals surface area (Å²) in [6.07, 6.45) is 2.63. The van der Waals surface area contributed by atoms with Crippen LogP contribution in [0.1, 0.15) is 45.4 Å². The molecule has 0 saturated carbocycles. The fourth-order valence-electron chi connectivity index (χ4n) is 3.52. The van der Waals surface area contributed by atoms with Crippen molar-refractivity contribution in [3.8, 4) is 0 Å². The maximum atomic E-state index is 4.41. The molecule has 2 rings (SSSR count). The van der Waals surface area contributed by atoms with Crippen molar-refractivity contribution in [1.29, 1.82) is 0 Å². The van der Waals surface area contributed by atoms with Gasteiger partial charge in [-0.25, -0.2) is 0 Å². The van der Waals surface area contributed by atoms with Gasteiger partial charge in [-0.3, -0.25) is 4.99 Å². The highest BCUT2D eigenvalue weighted by molar-refractivity contribution is 7.10. The van der Waals surface area contributed by atoms with Gasteiger partial charge in [0.25, 0.3) is 0 Å². The van der Waals surface area contributed by atoms with Crippen molar-refractivity contribution in [2.45, 2.75) is 46.0 Å². The van der Waals surface area contributed by atoms with Gasteiger partial charge in [-0.1, -0.05) is 33.8 Å². The Balaban J connectivity index is 1.76. The number of piperidine rings is 1. The zero-order valence-corrected chi connectivity index (χ0v) is 17.5. The van der Waals surface area contributed by atoms with Gasteiger partial charge < -0.3 is 15.5 Å². The first-order valence-corrected chi connectivity index (χ1v) is 10.5. The van der Waals surface area contributed by atoms with Crippen LogP contribution in [0.5, 0.6) is 0 Å². The third kappa shape index (κ3) is 6.63. The topological polar surface area (TPSA) is 39.7 Å². The molecule has 2 heterocycles. The number of hydrogen-bond donors (Lipinski definition) is 2. The summed E-state index contributed by atoms with van der Waals surface area (Å²) in [6, 6.07) is 4.34. The summed E-state index contributed by atoms with van der Waals surface area (Å²) in [5.74, 6) is 2.39. The van der Waals surface area contributed by atoms with Crippen molar-refractivity contribution in [2.75, 3.05) is 39.8 Å². The van der Waals surface area contributed by atoms with Gasteiger partial charge in [-0.2, -0.15) is 0 Å². The lowest BCUT2D eigenvalue weighted by molar-refractivity contribution is 0.159. The number of nitrogens with zero attached hydrogens (tertiary/aromatic N) is 2. The molecule has 1 aromatic rings. The SMILES string of the molecule is CN=C(NCC1CCCN(CC(C)C)C1)NCC(C)(C)c1cccs1. The molecule has 0 spiro atoms. The predicted molar refractivity (Wildman–Crippen MR) is 111 cm³/mol. The number of nitrogens with one attached hydrogen (secondary N) is 2. The lowest BCUT2D eigenvalue weighted by Crippen LogP contribution is -2.47. The van der Waals surface area contributed by atoms with E-state index in [9.17, 15) is 0 Å². The molecular formula is C20H36N4S. The molecule has 0 amide bonds. The molecule has 5 heteroatoms. The Morgan fingerprint density at radius 3 is 2.84 bits per heavy atom. The smallest absolute Gasteiger partial charge is 0.191 e. The van der Waals surface area contributed by atoms with Gasteiger partial charge in [0.1, 0.15) is 0 Å². The fraction of sp³-hybridized carbons (Fsp3) is 0.750. The van der Waals surface area contributed by atoms with Gasteiger partial charge in [0.05, 0.1) is 0 Å². The van der Waals surface area contributed by atoms with E-state index in [0.29, 0.717) is 0 Å². The van der Waals surface area contributed by atoms with Gasteiger partial charge >= 0.3 is 0 Å². The normalized spacial score (nSPS) is 20.1. The molecule has 1 unspecified atom stereocenters. The van der Waals surface area contributed by atoms with Crippen molar-refractivity contribution >= 4 is 17.3 Å². The molecule has 4 nitrogen and oxygen atoms in total. The van der Waals surface area contributed by atoms with Crippen molar-refractivity contribution in [1.82, 2.24) is 15.5 Å². The van der Waals surface area contributed by atoms with Crippen LogP contribution in [-0.4, -0.2) is 50.6 Å². The molecule has 1 fully saturated rings. The Labute approximate surface area is 158 Å². The summed E-state index contributed by atoms with van der Waals surface area (Å²) < 4.78 is 0. The molecule has 142 valence electrons. The lowest BCUT2D eigenvalue weighted by atomic mass is 9.91. The van der Waals surface area contributed by atoms with Crippen molar-refractivity contribution in [3.05, 3.63) is 22.4 Å². The van der Waals surface area contributed by atoms with E-state index in [1.807, 2.05) is 18.4 Å². The lowest BCUT2D eigenvalue weighted by Gasteiger charge is -2.34. The van der Waals surface area contributed by atoms with Gasteiger partial charge in [0.15, 0.2) is 5.96 Å². The van der Waals surface area contributed by atoms with Gasteiger partial charge in [-0.05, 0) is 42.7 Å². The number of rotatable bonds is 7. The molecule has 1 aliphatic heterocycles. The Morgan fingerprint density at radius 1 is 1.40 bits per heavy atom. The quantitative estimate of drug-likeness (QED) is 0.574.